The zero-order valence-corrected chi connectivity index (χ0v) is 15.2. The second-order valence-electron chi connectivity index (χ2n) is 5.20. The summed E-state index contributed by atoms with van der Waals surface area (Å²) in [6.07, 6.45) is 2.83. The summed E-state index contributed by atoms with van der Waals surface area (Å²) in [5.74, 6) is 0.709. The lowest BCUT2D eigenvalue weighted by Gasteiger charge is -2.09. The molecule has 0 aliphatic carbocycles. The molecular formula is C18H14Cl2N4O2. The summed E-state index contributed by atoms with van der Waals surface area (Å²) in [7, 11) is 1.60. The van der Waals surface area contributed by atoms with Gasteiger partial charge in [-0.25, -0.2) is 9.97 Å². The number of nitrogens with one attached hydrogen (secondary N) is 2. The Morgan fingerprint density at radius 1 is 1.00 bits per heavy atom. The summed E-state index contributed by atoms with van der Waals surface area (Å²) >= 11 is 12.1. The number of hydrogen-bond acceptors (Lipinski definition) is 5. The second-order valence-corrected chi connectivity index (χ2v) is 6.01. The van der Waals surface area contributed by atoms with Gasteiger partial charge in [0.15, 0.2) is 0 Å². The number of hydrogen-bond donors (Lipinski definition) is 2. The molecule has 0 spiro atoms. The summed E-state index contributed by atoms with van der Waals surface area (Å²) in [4.78, 5) is 20.6. The molecule has 0 atom stereocenters. The van der Waals surface area contributed by atoms with Crippen LogP contribution >= 0.6 is 23.2 Å². The largest absolute Gasteiger partial charge is 0.497 e. The molecule has 1 aromatic heterocycles. The molecule has 6 nitrogen and oxygen atoms in total. The predicted molar refractivity (Wildman–Crippen MR) is 103 cm³/mol. The first-order chi connectivity index (χ1) is 12.6. The van der Waals surface area contributed by atoms with E-state index in [1.807, 2.05) is 24.3 Å². The van der Waals surface area contributed by atoms with Crippen LogP contribution in [0.2, 0.25) is 10.0 Å². The fraction of sp³-hybridized carbons (Fsp3) is 0.0556. The van der Waals surface area contributed by atoms with E-state index in [1.54, 1.807) is 25.3 Å². The fourth-order valence-electron chi connectivity index (χ4n) is 2.12. The van der Waals surface area contributed by atoms with Crippen molar-refractivity contribution in [3.63, 3.8) is 0 Å². The molecule has 132 valence electrons. The third-order valence-corrected chi connectivity index (χ3v) is 4.09. The molecule has 0 fully saturated rings. The molecule has 2 aromatic carbocycles. The number of carbonyl (C=O) groups excluding carboxylic acids is 1. The van der Waals surface area contributed by atoms with Gasteiger partial charge in [-0.2, -0.15) is 0 Å². The number of aromatic nitrogens is 2. The number of amides is 1. The van der Waals surface area contributed by atoms with E-state index in [9.17, 15) is 4.79 Å². The number of para-hydroxylation sites is 1. The maximum absolute atomic E-state index is 12.3. The SMILES string of the molecule is COc1ccc(Nc2ncc(C(=O)Nc3c(Cl)cccc3Cl)cn2)cc1. The molecule has 1 amide bonds. The number of nitrogens with zero attached hydrogens (tertiary/aromatic N) is 2. The molecule has 0 saturated carbocycles. The Labute approximate surface area is 160 Å². The average molecular weight is 389 g/mol. The fourth-order valence-corrected chi connectivity index (χ4v) is 2.61. The average Bonchev–Trinajstić information content (AvgIpc) is 2.66. The molecular weight excluding hydrogens is 375 g/mol. The van der Waals surface area contributed by atoms with E-state index in [1.165, 1.54) is 12.4 Å². The van der Waals surface area contributed by atoms with Gasteiger partial charge in [0.05, 0.1) is 28.4 Å². The van der Waals surface area contributed by atoms with E-state index in [0.717, 1.165) is 11.4 Å². The summed E-state index contributed by atoms with van der Waals surface area (Å²) in [5, 5.41) is 6.40. The van der Waals surface area contributed by atoms with Crippen LogP contribution in [-0.4, -0.2) is 23.0 Å². The van der Waals surface area contributed by atoms with Crippen molar-refractivity contribution < 1.29 is 9.53 Å². The van der Waals surface area contributed by atoms with Gasteiger partial charge in [0.1, 0.15) is 5.75 Å². The summed E-state index contributed by atoms with van der Waals surface area (Å²) in [6, 6.07) is 12.3. The van der Waals surface area contributed by atoms with Crippen LogP contribution in [0, 0.1) is 0 Å². The molecule has 2 N–H and O–H groups in total. The molecule has 0 saturated heterocycles. The maximum atomic E-state index is 12.3. The van der Waals surface area contributed by atoms with Crippen molar-refractivity contribution in [3.8, 4) is 5.75 Å². The van der Waals surface area contributed by atoms with Crippen LogP contribution in [0.1, 0.15) is 10.4 Å². The lowest BCUT2D eigenvalue weighted by Crippen LogP contribution is -2.13. The zero-order chi connectivity index (χ0) is 18.5. The number of benzene rings is 2. The first-order valence-electron chi connectivity index (χ1n) is 7.55. The van der Waals surface area contributed by atoms with Crippen LogP contribution in [0.5, 0.6) is 5.75 Å². The number of methoxy groups -OCH3 is 1. The third kappa shape index (κ3) is 4.22. The standard InChI is InChI=1S/C18H14Cl2N4O2/c1-26-13-7-5-12(6-8-13)23-18-21-9-11(10-22-18)17(25)24-16-14(19)3-2-4-15(16)20/h2-10H,1H3,(H,24,25)(H,21,22,23). The Bertz CT molecular complexity index is 895. The number of carbonyl (C=O) groups is 1. The highest BCUT2D eigenvalue weighted by atomic mass is 35.5. The lowest BCUT2D eigenvalue weighted by atomic mass is 10.2. The van der Waals surface area contributed by atoms with Crippen molar-refractivity contribution in [2.45, 2.75) is 0 Å². The number of rotatable bonds is 5. The lowest BCUT2D eigenvalue weighted by molar-refractivity contribution is 0.102. The number of ether oxygens (including phenoxy) is 1. The van der Waals surface area contributed by atoms with Gasteiger partial charge in [-0.1, -0.05) is 29.3 Å². The van der Waals surface area contributed by atoms with Crippen molar-refractivity contribution >= 4 is 46.4 Å². The van der Waals surface area contributed by atoms with Gasteiger partial charge in [-0.05, 0) is 36.4 Å². The van der Waals surface area contributed by atoms with Gasteiger partial charge in [0, 0.05) is 18.1 Å². The second kappa shape index (κ2) is 8.03. The van der Waals surface area contributed by atoms with Crippen LogP contribution in [0.3, 0.4) is 0 Å². The Kier molecular flexibility index (Phi) is 5.55. The summed E-state index contributed by atoms with van der Waals surface area (Å²) < 4.78 is 5.10. The first kappa shape index (κ1) is 18.0. The predicted octanol–water partition coefficient (Wildman–Crippen LogP) is 4.79. The van der Waals surface area contributed by atoms with Gasteiger partial charge in [0.2, 0.25) is 5.95 Å². The highest BCUT2D eigenvalue weighted by molar-refractivity contribution is 6.40. The molecule has 0 radical (unpaired) electrons. The Morgan fingerprint density at radius 2 is 1.62 bits per heavy atom. The molecule has 1 heterocycles. The Hall–Kier alpha value is -2.83. The monoisotopic (exact) mass is 388 g/mol. The van der Waals surface area contributed by atoms with E-state index < -0.39 is 5.91 Å². The van der Waals surface area contributed by atoms with Crippen LogP contribution in [0.15, 0.2) is 54.9 Å². The topological polar surface area (TPSA) is 76.1 Å². The van der Waals surface area contributed by atoms with E-state index in [4.69, 9.17) is 27.9 Å². The summed E-state index contributed by atoms with van der Waals surface area (Å²) in [5.41, 5.74) is 1.42. The van der Waals surface area contributed by atoms with E-state index >= 15 is 0 Å². The smallest absolute Gasteiger partial charge is 0.258 e. The highest BCUT2D eigenvalue weighted by Gasteiger charge is 2.12. The van der Waals surface area contributed by atoms with Crippen molar-refractivity contribution in [2.75, 3.05) is 17.7 Å². The molecule has 8 heteroatoms. The van der Waals surface area contributed by atoms with E-state index in [0.29, 0.717) is 21.7 Å². The normalized spacial score (nSPS) is 10.3. The van der Waals surface area contributed by atoms with Crippen molar-refractivity contribution in [1.82, 2.24) is 9.97 Å². The minimum absolute atomic E-state index is 0.279. The van der Waals surface area contributed by atoms with Crippen LogP contribution in [0.25, 0.3) is 0 Å². The Balaban J connectivity index is 1.69. The van der Waals surface area contributed by atoms with Crippen molar-refractivity contribution in [2.24, 2.45) is 0 Å². The van der Waals surface area contributed by atoms with Gasteiger partial charge in [-0.3, -0.25) is 4.79 Å². The maximum Gasteiger partial charge on any atom is 0.258 e. The molecule has 3 rings (SSSR count). The highest BCUT2D eigenvalue weighted by Crippen LogP contribution is 2.30. The number of halogens is 2. The molecule has 26 heavy (non-hydrogen) atoms. The molecule has 0 bridgehead atoms. The third-order valence-electron chi connectivity index (χ3n) is 3.46. The van der Waals surface area contributed by atoms with Gasteiger partial charge in [-0.15, -0.1) is 0 Å². The minimum Gasteiger partial charge on any atom is -0.497 e. The van der Waals surface area contributed by atoms with E-state index in [2.05, 4.69) is 20.6 Å². The first-order valence-corrected chi connectivity index (χ1v) is 8.31. The molecule has 0 aliphatic heterocycles. The number of anilines is 3. The molecule has 3 aromatic rings. The van der Waals surface area contributed by atoms with Crippen molar-refractivity contribution in [3.05, 3.63) is 70.5 Å². The molecule has 0 aliphatic rings. The van der Waals surface area contributed by atoms with Crippen LogP contribution in [-0.2, 0) is 0 Å². The van der Waals surface area contributed by atoms with Crippen LogP contribution in [0.4, 0.5) is 17.3 Å². The Morgan fingerprint density at radius 3 is 2.19 bits per heavy atom. The minimum atomic E-state index is -0.406. The van der Waals surface area contributed by atoms with Crippen LogP contribution < -0.4 is 15.4 Å². The van der Waals surface area contributed by atoms with Crippen molar-refractivity contribution in [1.29, 1.82) is 0 Å². The zero-order valence-electron chi connectivity index (χ0n) is 13.7. The van der Waals surface area contributed by atoms with E-state index in [-0.39, 0.29) is 5.56 Å². The summed E-state index contributed by atoms with van der Waals surface area (Å²) in [6.45, 7) is 0. The van der Waals surface area contributed by atoms with Gasteiger partial charge in [0.25, 0.3) is 5.91 Å². The van der Waals surface area contributed by atoms with Gasteiger partial charge >= 0.3 is 0 Å². The van der Waals surface area contributed by atoms with Gasteiger partial charge < -0.3 is 15.4 Å². The quantitative estimate of drug-likeness (QED) is 0.656. The molecule has 0 unspecified atom stereocenters.